The lowest BCUT2D eigenvalue weighted by atomic mass is 9.89. The zero-order valence-corrected chi connectivity index (χ0v) is 9.29. The van der Waals surface area contributed by atoms with E-state index in [0.29, 0.717) is 11.8 Å². The highest BCUT2D eigenvalue weighted by molar-refractivity contribution is 5.54. The Kier molecular flexibility index (Phi) is 1.96. The normalized spacial score (nSPS) is 26.0. The molecule has 0 spiro atoms. The van der Waals surface area contributed by atoms with Crippen molar-refractivity contribution < 1.29 is 4.74 Å². The van der Waals surface area contributed by atoms with Crippen LogP contribution >= 0.6 is 0 Å². The minimum absolute atomic E-state index is 0.662. The molecule has 2 aliphatic carbocycles. The quantitative estimate of drug-likeness (QED) is 0.666. The Morgan fingerprint density at radius 1 is 1.20 bits per heavy atom. The first-order valence-electron chi connectivity index (χ1n) is 5.61. The maximum absolute atomic E-state index is 5.28. The van der Waals surface area contributed by atoms with Crippen molar-refractivity contribution in [2.75, 3.05) is 7.11 Å². The number of methoxy groups -OCH3 is 1. The molecule has 2 aliphatic rings. The Morgan fingerprint density at radius 2 is 1.93 bits per heavy atom. The number of ether oxygens (including phenoxy) is 1. The molecule has 15 heavy (non-hydrogen) atoms. The highest BCUT2D eigenvalue weighted by Crippen LogP contribution is 2.50. The molecule has 2 atom stereocenters. The molecule has 78 valence electrons. The molecule has 0 heterocycles. The summed E-state index contributed by atoms with van der Waals surface area (Å²) in [5.41, 5.74) is 5.97. The highest BCUT2D eigenvalue weighted by Gasteiger charge is 2.35. The maximum Gasteiger partial charge on any atom is 0.0716 e. The van der Waals surface area contributed by atoms with E-state index >= 15 is 0 Å². The second kappa shape index (κ2) is 3.21. The average molecular weight is 200 g/mol. The van der Waals surface area contributed by atoms with Gasteiger partial charge in [0.1, 0.15) is 0 Å². The van der Waals surface area contributed by atoms with Crippen LogP contribution in [0.2, 0.25) is 0 Å². The summed E-state index contributed by atoms with van der Waals surface area (Å²) < 4.78 is 5.28. The van der Waals surface area contributed by atoms with Crippen LogP contribution in [0.15, 0.2) is 24.3 Å². The predicted octanol–water partition coefficient (Wildman–Crippen LogP) is 3.28. The van der Waals surface area contributed by atoms with Crippen molar-refractivity contribution in [3.63, 3.8) is 0 Å². The van der Waals surface area contributed by atoms with Crippen molar-refractivity contribution in [3.05, 3.63) is 46.5 Å². The molecule has 3 rings (SSSR count). The fourth-order valence-corrected chi connectivity index (χ4v) is 3.13. The van der Waals surface area contributed by atoms with Crippen molar-refractivity contribution in [3.8, 4) is 0 Å². The molecule has 2 bridgehead atoms. The van der Waals surface area contributed by atoms with E-state index < -0.39 is 0 Å². The van der Waals surface area contributed by atoms with Crippen LogP contribution < -0.4 is 0 Å². The monoisotopic (exact) mass is 200 g/mol. The van der Waals surface area contributed by atoms with Gasteiger partial charge in [0, 0.05) is 18.9 Å². The number of hydrogen-bond acceptors (Lipinski definition) is 1. The van der Waals surface area contributed by atoms with Crippen molar-refractivity contribution >= 4 is 0 Å². The Bertz CT molecular complexity index is 431. The summed E-state index contributed by atoms with van der Waals surface area (Å²) in [7, 11) is 1.77. The van der Waals surface area contributed by atoms with Gasteiger partial charge in [0.15, 0.2) is 0 Å². The van der Waals surface area contributed by atoms with Gasteiger partial charge in [-0.15, -0.1) is 0 Å². The SMILES string of the molecule is COCc1ccc(C)c2c1C1C=CC2C1. The Hall–Kier alpha value is -1.08. The molecule has 0 saturated carbocycles. The number of rotatable bonds is 2. The molecule has 0 aliphatic heterocycles. The van der Waals surface area contributed by atoms with Crippen LogP contribution in [-0.2, 0) is 11.3 Å². The third-order valence-electron chi connectivity index (χ3n) is 3.72. The number of allylic oxidation sites excluding steroid dienone is 2. The fourth-order valence-electron chi connectivity index (χ4n) is 3.13. The number of benzene rings is 1. The van der Waals surface area contributed by atoms with Gasteiger partial charge in [-0.25, -0.2) is 0 Å². The molecule has 1 aromatic rings. The number of fused-ring (bicyclic) bond motifs is 5. The van der Waals surface area contributed by atoms with E-state index in [1.54, 1.807) is 18.2 Å². The van der Waals surface area contributed by atoms with Crippen LogP contribution in [0, 0.1) is 6.92 Å². The van der Waals surface area contributed by atoms with Gasteiger partial charge in [0.05, 0.1) is 6.61 Å². The van der Waals surface area contributed by atoms with Gasteiger partial charge in [-0.1, -0.05) is 24.3 Å². The van der Waals surface area contributed by atoms with E-state index in [-0.39, 0.29) is 0 Å². The van der Waals surface area contributed by atoms with Crippen molar-refractivity contribution in [2.45, 2.75) is 31.8 Å². The smallest absolute Gasteiger partial charge is 0.0716 e. The van der Waals surface area contributed by atoms with E-state index in [9.17, 15) is 0 Å². The first kappa shape index (κ1) is 9.17. The van der Waals surface area contributed by atoms with Crippen LogP contribution in [0.1, 0.15) is 40.5 Å². The third-order valence-corrected chi connectivity index (χ3v) is 3.72. The summed E-state index contributed by atoms with van der Waals surface area (Å²) in [6.07, 6.45) is 6.03. The lowest BCUT2D eigenvalue weighted by Crippen LogP contribution is -2.02. The minimum atomic E-state index is 0.662. The Labute approximate surface area is 90.8 Å². The van der Waals surface area contributed by atoms with Crippen LogP contribution in [0.5, 0.6) is 0 Å². The van der Waals surface area contributed by atoms with E-state index in [4.69, 9.17) is 4.74 Å². The van der Waals surface area contributed by atoms with Gasteiger partial charge in [-0.2, -0.15) is 0 Å². The first-order valence-corrected chi connectivity index (χ1v) is 5.61. The average Bonchev–Trinajstić information content (AvgIpc) is 2.83. The molecule has 0 amide bonds. The van der Waals surface area contributed by atoms with E-state index in [1.165, 1.54) is 17.5 Å². The second-order valence-electron chi connectivity index (χ2n) is 4.64. The van der Waals surface area contributed by atoms with Gasteiger partial charge in [-0.3, -0.25) is 0 Å². The summed E-state index contributed by atoms with van der Waals surface area (Å²) >= 11 is 0. The Balaban J connectivity index is 2.17. The number of aryl methyl sites for hydroxylation is 1. The summed E-state index contributed by atoms with van der Waals surface area (Å²) in [5, 5.41) is 0. The summed E-state index contributed by atoms with van der Waals surface area (Å²) in [6.45, 7) is 2.98. The molecular formula is C14H16O. The minimum Gasteiger partial charge on any atom is -0.380 e. The summed E-state index contributed by atoms with van der Waals surface area (Å²) in [5.74, 6) is 1.34. The van der Waals surface area contributed by atoms with Crippen molar-refractivity contribution in [2.24, 2.45) is 0 Å². The maximum atomic E-state index is 5.28. The molecule has 2 unspecified atom stereocenters. The van der Waals surface area contributed by atoms with Gasteiger partial charge in [0.2, 0.25) is 0 Å². The molecule has 1 aromatic carbocycles. The first-order chi connectivity index (χ1) is 7.31. The van der Waals surface area contributed by atoms with Gasteiger partial charge < -0.3 is 4.74 Å². The van der Waals surface area contributed by atoms with Crippen molar-refractivity contribution in [1.29, 1.82) is 0 Å². The largest absolute Gasteiger partial charge is 0.380 e. The van der Waals surface area contributed by atoms with Gasteiger partial charge in [0.25, 0.3) is 0 Å². The van der Waals surface area contributed by atoms with Gasteiger partial charge >= 0.3 is 0 Å². The van der Waals surface area contributed by atoms with Crippen LogP contribution in [0.3, 0.4) is 0 Å². The highest BCUT2D eigenvalue weighted by atomic mass is 16.5. The lowest BCUT2D eigenvalue weighted by Gasteiger charge is -2.17. The molecule has 0 radical (unpaired) electrons. The van der Waals surface area contributed by atoms with Crippen molar-refractivity contribution in [1.82, 2.24) is 0 Å². The van der Waals surface area contributed by atoms with E-state index in [0.717, 1.165) is 6.61 Å². The van der Waals surface area contributed by atoms with Crippen LogP contribution in [0.25, 0.3) is 0 Å². The lowest BCUT2D eigenvalue weighted by molar-refractivity contribution is 0.184. The van der Waals surface area contributed by atoms with Gasteiger partial charge in [-0.05, 0) is 35.6 Å². The third kappa shape index (κ3) is 1.19. The predicted molar refractivity (Wildman–Crippen MR) is 61.1 cm³/mol. The van der Waals surface area contributed by atoms with Crippen LogP contribution in [0.4, 0.5) is 0 Å². The molecule has 0 aromatic heterocycles. The van der Waals surface area contributed by atoms with E-state index in [2.05, 4.69) is 31.2 Å². The zero-order chi connectivity index (χ0) is 10.4. The Morgan fingerprint density at radius 3 is 2.67 bits per heavy atom. The van der Waals surface area contributed by atoms with Crippen LogP contribution in [-0.4, -0.2) is 7.11 Å². The molecule has 0 N–H and O–H groups in total. The molecular weight excluding hydrogens is 184 g/mol. The zero-order valence-electron chi connectivity index (χ0n) is 9.29. The standard InChI is InChI=1S/C14H16O/c1-9-3-4-12(8-15-2)14-11-6-5-10(7-11)13(9)14/h3-6,10-11H,7-8H2,1-2H3. The summed E-state index contributed by atoms with van der Waals surface area (Å²) in [6, 6.07) is 4.47. The topological polar surface area (TPSA) is 9.23 Å². The molecule has 1 nitrogen and oxygen atoms in total. The second-order valence-corrected chi connectivity index (χ2v) is 4.64. The fraction of sp³-hybridized carbons (Fsp3) is 0.429. The molecule has 0 fully saturated rings. The number of hydrogen-bond donors (Lipinski definition) is 0. The molecule has 0 saturated heterocycles. The summed E-state index contributed by atoms with van der Waals surface area (Å²) in [4.78, 5) is 0. The molecule has 1 heteroatoms. The van der Waals surface area contributed by atoms with E-state index in [1.807, 2.05) is 0 Å².